The largest absolute Gasteiger partial charge is 0.350 e. The highest BCUT2D eigenvalue weighted by Crippen LogP contribution is 2.18. The number of ketones is 1. The molecule has 1 unspecified atom stereocenters. The summed E-state index contributed by atoms with van der Waals surface area (Å²) in [5, 5.41) is 9.63. The second-order valence-corrected chi connectivity index (χ2v) is 7.02. The molecule has 0 saturated carbocycles. The van der Waals surface area contributed by atoms with Crippen LogP contribution < -0.4 is 10.6 Å². The minimum absolute atomic E-state index is 0.244. The van der Waals surface area contributed by atoms with Gasteiger partial charge in [-0.05, 0) is 38.5 Å². The van der Waals surface area contributed by atoms with Crippen LogP contribution in [0, 0.1) is 13.8 Å². The molecule has 0 aliphatic rings. The first-order chi connectivity index (χ1) is 14.4. The highest BCUT2D eigenvalue weighted by molar-refractivity contribution is 6.43. The molecule has 154 valence electrons. The molecule has 0 saturated heterocycles. The maximum Gasteiger partial charge on any atom is 0.293 e. The Morgan fingerprint density at radius 3 is 2.20 bits per heavy atom. The summed E-state index contributed by atoms with van der Waals surface area (Å²) in [6.07, 6.45) is 0. The molecule has 7 nitrogen and oxygen atoms in total. The van der Waals surface area contributed by atoms with Gasteiger partial charge in [-0.2, -0.15) is 5.10 Å². The van der Waals surface area contributed by atoms with Gasteiger partial charge in [-0.1, -0.05) is 48.5 Å². The number of aryl methyl sites for hydroxylation is 1. The number of aromatic nitrogens is 2. The lowest BCUT2D eigenvalue weighted by Gasteiger charge is -2.14. The molecule has 3 rings (SSSR count). The van der Waals surface area contributed by atoms with Crippen molar-refractivity contribution in [2.75, 3.05) is 0 Å². The highest BCUT2D eigenvalue weighted by atomic mass is 16.2. The molecule has 1 atom stereocenters. The van der Waals surface area contributed by atoms with Crippen LogP contribution in [0.3, 0.4) is 0 Å². The first kappa shape index (κ1) is 21.0. The van der Waals surface area contributed by atoms with Crippen molar-refractivity contribution < 1.29 is 14.4 Å². The average Bonchev–Trinajstić information content (AvgIpc) is 3.06. The molecule has 1 aromatic heterocycles. The summed E-state index contributed by atoms with van der Waals surface area (Å²) in [6, 6.07) is 18.0. The van der Waals surface area contributed by atoms with Crippen molar-refractivity contribution in [3.8, 4) is 5.69 Å². The summed E-state index contributed by atoms with van der Waals surface area (Å²) in [5.41, 5.74) is 3.01. The molecular weight excluding hydrogens is 380 g/mol. The number of carbonyl (C=O) groups excluding carboxylic acids is 3. The van der Waals surface area contributed by atoms with Crippen LogP contribution in [-0.2, 0) is 16.1 Å². The van der Waals surface area contributed by atoms with Crippen LogP contribution in [0.15, 0.2) is 60.7 Å². The number of hydrogen-bond donors (Lipinski definition) is 2. The Kier molecular flexibility index (Phi) is 6.41. The predicted octanol–water partition coefficient (Wildman–Crippen LogP) is 2.49. The predicted molar refractivity (Wildman–Crippen MR) is 113 cm³/mol. The lowest BCUT2D eigenvalue weighted by molar-refractivity contribution is -0.126. The van der Waals surface area contributed by atoms with Gasteiger partial charge in [0.1, 0.15) is 6.04 Å². The fourth-order valence-electron chi connectivity index (χ4n) is 3.17. The second-order valence-electron chi connectivity index (χ2n) is 7.02. The van der Waals surface area contributed by atoms with Crippen LogP contribution in [0.4, 0.5) is 0 Å². The van der Waals surface area contributed by atoms with Crippen molar-refractivity contribution >= 4 is 17.6 Å². The third-order valence-corrected chi connectivity index (χ3v) is 4.78. The van der Waals surface area contributed by atoms with E-state index in [1.807, 2.05) is 60.7 Å². The van der Waals surface area contributed by atoms with Gasteiger partial charge in [0.15, 0.2) is 0 Å². The van der Waals surface area contributed by atoms with E-state index in [2.05, 4.69) is 15.7 Å². The molecular formula is C23H24N4O3. The Morgan fingerprint density at radius 1 is 0.967 bits per heavy atom. The molecule has 2 amide bonds. The summed E-state index contributed by atoms with van der Waals surface area (Å²) < 4.78 is 1.63. The number of amides is 2. The highest BCUT2D eigenvalue weighted by Gasteiger charge is 2.27. The lowest BCUT2D eigenvalue weighted by Crippen LogP contribution is -2.46. The number of rotatable bonds is 7. The Bertz CT molecular complexity index is 1060. The van der Waals surface area contributed by atoms with Crippen LogP contribution in [0.25, 0.3) is 5.69 Å². The summed E-state index contributed by atoms with van der Waals surface area (Å²) in [7, 11) is 0. The summed E-state index contributed by atoms with van der Waals surface area (Å²) in [6.45, 7) is 5.31. The Labute approximate surface area is 175 Å². The molecule has 0 aliphatic carbocycles. The van der Waals surface area contributed by atoms with E-state index >= 15 is 0 Å². The van der Waals surface area contributed by atoms with E-state index < -0.39 is 17.7 Å². The van der Waals surface area contributed by atoms with E-state index in [1.165, 1.54) is 0 Å². The van der Waals surface area contributed by atoms with Crippen molar-refractivity contribution in [1.82, 2.24) is 20.4 Å². The van der Waals surface area contributed by atoms with E-state index in [-0.39, 0.29) is 11.5 Å². The van der Waals surface area contributed by atoms with Gasteiger partial charge in [-0.15, -0.1) is 0 Å². The quantitative estimate of drug-likeness (QED) is 0.467. The number of nitrogens with zero attached hydrogens (tertiary/aromatic N) is 2. The number of benzene rings is 2. The SMILES string of the molecule is Cc1nn(-c2ccccc2)c(C)c1C(=O)C(=O)NC(C)C(=O)NCc1ccccc1. The molecule has 0 fully saturated rings. The van der Waals surface area contributed by atoms with Crippen molar-refractivity contribution in [2.45, 2.75) is 33.4 Å². The van der Waals surface area contributed by atoms with Crippen LogP contribution in [0.2, 0.25) is 0 Å². The first-order valence-corrected chi connectivity index (χ1v) is 9.67. The maximum atomic E-state index is 12.8. The minimum atomic E-state index is -0.852. The van der Waals surface area contributed by atoms with Gasteiger partial charge < -0.3 is 10.6 Å². The van der Waals surface area contributed by atoms with Crippen molar-refractivity contribution in [3.63, 3.8) is 0 Å². The molecule has 0 aliphatic heterocycles. The molecule has 7 heteroatoms. The van der Waals surface area contributed by atoms with Crippen LogP contribution in [0.5, 0.6) is 0 Å². The number of para-hydroxylation sites is 1. The normalized spacial score (nSPS) is 11.6. The smallest absolute Gasteiger partial charge is 0.293 e. The van der Waals surface area contributed by atoms with Gasteiger partial charge in [0.25, 0.3) is 11.7 Å². The Balaban J connectivity index is 1.66. The average molecular weight is 404 g/mol. The van der Waals surface area contributed by atoms with Gasteiger partial charge in [-0.25, -0.2) is 4.68 Å². The zero-order valence-electron chi connectivity index (χ0n) is 17.2. The molecule has 0 spiro atoms. The maximum absolute atomic E-state index is 12.8. The van der Waals surface area contributed by atoms with Crippen LogP contribution in [-0.4, -0.2) is 33.4 Å². The van der Waals surface area contributed by atoms with E-state index in [0.717, 1.165) is 11.3 Å². The topological polar surface area (TPSA) is 93.1 Å². The zero-order valence-corrected chi connectivity index (χ0v) is 17.2. The van der Waals surface area contributed by atoms with E-state index in [4.69, 9.17) is 0 Å². The third kappa shape index (κ3) is 4.63. The number of nitrogens with one attached hydrogen (secondary N) is 2. The van der Waals surface area contributed by atoms with Gasteiger partial charge in [0.05, 0.1) is 22.6 Å². The molecule has 2 N–H and O–H groups in total. The van der Waals surface area contributed by atoms with Crippen molar-refractivity contribution in [1.29, 1.82) is 0 Å². The monoisotopic (exact) mass is 404 g/mol. The number of carbonyl (C=O) groups is 3. The fourth-order valence-corrected chi connectivity index (χ4v) is 3.17. The minimum Gasteiger partial charge on any atom is -0.350 e. The van der Waals surface area contributed by atoms with Crippen LogP contribution in [0.1, 0.15) is 34.2 Å². The van der Waals surface area contributed by atoms with Gasteiger partial charge in [0, 0.05) is 6.54 Å². The van der Waals surface area contributed by atoms with Crippen molar-refractivity contribution in [3.05, 3.63) is 83.2 Å². The Morgan fingerprint density at radius 2 is 1.57 bits per heavy atom. The molecule has 0 bridgehead atoms. The number of Topliss-reactive ketones (excluding diaryl/α,β-unsaturated/α-hetero) is 1. The lowest BCUT2D eigenvalue weighted by atomic mass is 10.1. The summed E-state index contributed by atoms with van der Waals surface area (Å²) in [5.74, 6) is -1.92. The summed E-state index contributed by atoms with van der Waals surface area (Å²) >= 11 is 0. The van der Waals surface area contributed by atoms with E-state index in [9.17, 15) is 14.4 Å². The van der Waals surface area contributed by atoms with Crippen LogP contribution >= 0.6 is 0 Å². The Hall–Kier alpha value is -3.74. The standard InChI is InChI=1S/C23H24N4O3/c1-15-20(17(3)27(26-15)19-12-8-5-9-13-19)21(28)23(30)25-16(2)22(29)24-14-18-10-6-4-7-11-18/h4-13,16H,14H2,1-3H3,(H,24,29)(H,25,30). The fraction of sp³-hybridized carbons (Fsp3) is 0.217. The third-order valence-electron chi connectivity index (χ3n) is 4.78. The van der Waals surface area contributed by atoms with E-state index in [1.54, 1.807) is 25.5 Å². The second kappa shape index (κ2) is 9.17. The molecule has 2 aromatic carbocycles. The van der Waals surface area contributed by atoms with Gasteiger partial charge >= 0.3 is 0 Å². The summed E-state index contributed by atoms with van der Waals surface area (Å²) in [4.78, 5) is 37.6. The molecule has 0 radical (unpaired) electrons. The number of hydrogen-bond acceptors (Lipinski definition) is 4. The van der Waals surface area contributed by atoms with E-state index in [0.29, 0.717) is 17.9 Å². The molecule has 30 heavy (non-hydrogen) atoms. The van der Waals surface area contributed by atoms with Gasteiger partial charge in [0.2, 0.25) is 5.91 Å². The molecule has 3 aromatic rings. The first-order valence-electron chi connectivity index (χ1n) is 9.67. The molecule has 1 heterocycles. The van der Waals surface area contributed by atoms with Crippen molar-refractivity contribution in [2.24, 2.45) is 0 Å². The zero-order chi connectivity index (χ0) is 21.7. The van der Waals surface area contributed by atoms with Gasteiger partial charge in [-0.3, -0.25) is 14.4 Å².